The monoisotopic (exact) mass is 428 g/mol. The summed E-state index contributed by atoms with van der Waals surface area (Å²) in [4.78, 5) is 31.7. The lowest BCUT2D eigenvalue weighted by Gasteiger charge is -2.35. The fourth-order valence-corrected chi connectivity index (χ4v) is 4.21. The molecule has 1 aromatic heterocycles. The van der Waals surface area contributed by atoms with Crippen molar-refractivity contribution >= 4 is 17.5 Å². The van der Waals surface area contributed by atoms with Crippen molar-refractivity contribution in [1.29, 1.82) is 0 Å². The SMILES string of the molecule is CCc1ccccc1NC(=O)C(=O)NCC(c1cccnc1)N1CCc2ccccc2C1. The average Bonchev–Trinajstić information content (AvgIpc) is 2.85. The third kappa shape index (κ3) is 5.03. The van der Waals surface area contributed by atoms with Crippen molar-refractivity contribution in [1.82, 2.24) is 15.2 Å². The second-order valence-electron chi connectivity index (χ2n) is 7.97. The average molecular weight is 429 g/mol. The number of carbonyl (C=O) groups excluding carboxylic acids is 2. The summed E-state index contributed by atoms with van der Waals surface area (Å²) >= 11 is 0. The third-order valence-corrected chi connectivity index (χ3v) is 5.98. The summed E-state index contributed by atoms with van der Waals surface area (Å²) in [6.45, 7) is 4.01. The number of amides is 2. The molecule has 1 atom stereocenters. The molecule has 0 saturated heterocycles. The molecule has 4 rings (SSSR count). The van der Waals surface area contributed by atoms with E-state index in [2.05, 4.69) is 44.8 Å². The molecule has 2 amide bonds. The normalized spacial score (nSPS) is 14.3. The Hall–Kier alpha value is -3.51. The molecule has 2 heterocycles. The van der Waals surface area contributed by atoms with E-state index in [1.807, 2.05) is 49.5 Å². The highest BCUT2D eigenvalue weighted by Gasteiger charge is 2.26. The Morgan fingerprint density at radius 2 is 1.78 bits per heavy atom. The van der Waals surface area contributed by atoms with Crippen molar-refractivity contribution in [3.8, 4) is 0 Å². The molecule has 1 aliphatic rings. The van der Waals surface area contributed by atoms with Gasteiger partial charge in [0.05, 0.1) is 6.04 Å². The molecule has 0 spiro atoms. The first-order valence-corrected chi connectivity index (χ1v) is 11.0. The van der Waals surface area contributed by atoms with Gasteiger partial charge in [-0.2, -0.15) is 0 Å². The van der Waals surface area contributed by atoms with Crippen molar-refractivity contribution in [2.75, 3.05) is 18.4 Å². The molecule has 1 unspecified atom stereocenters. The van der Waals surface area contributed by atoms with Crippen LogP contribution in [0.1, 0.15) is 35.2 Å². The van der Waals surface area contributed by atoms with Crippen LogP contribution in [0.3, 0.4) is 0 Å². The zero-order valence-corrected chi connectivity index (χ0v) is 18.3. The maximum Gasteiger partial charge on any atom is 0.313 e. The Balaban J connectivity index is 1.45. The smallest absolute Gasteiger partial charge is 0.313 e. The van der Waals surface area contributed by atoms with Crippen LogP contribution in [0.5, 0.6) is 0 Å². The fraction of sp³-hybridized carbons (Fsp3) is 0.269. The lowest BCUT2D eigenvalue weighted by molar-refractivity contribution is -0.136. The quantitative estimate of drug-likeness (QED) is 0.590. The summed E-state index contributed by atoms with van der Waals surface area (Å²) in [6, 6.07) is 19.8. The number of fused-ring (bicyclic) bond motifs is 1. The predicted molar refractivity (Wildman–Crippen MR) is 125 cm³/mol. The van der Waals surface area contributed by atoms with E-state index in [-0.39, 0.29) is 6.04 Å². The van der Waals surface area contributed by atoms with Gasteiger partial charge in [0, 0.05) is 37.7 Å². The van der Waals surface area contributed by atoms with Gasteiger partial charge in [-0.25, -0.2) is 0 Å². The van der Waals surface area contributed by atoms with Gasteiger partial charge in [0.2, 0.25) is 0 Å². The maximum absolute atomic E-state index is 12.6. The molecule has 164 valence electrons. The number of pyridine rings is 1. The van der Waals surface area contributed by atoms with Crippen LogP contribution in [0.4, 0.5) is 5.69 Å². The molecule has 3 aromatic rings. The number of aryl methyl sites for hydroxylation is 1. The highest BCUT2D eigenvalue weighted by atomic mass is 16.2. The van der Waals surface area contributed by atoms with Crippen LogP contribution in [0.15, 0.2) is 73.1 Å². The van der Waals surface area contributed by atoms with E-state index in [0.29, 0.717) is 12.2 Å². The van der Waals surface area contributed by atoms with Crippen LogP contribution >= 0.6 is 0 Å². The zero-order chi connectivity index (χ0) is 22.3. The molecular weight excluding hydrogens is 400 g/mol. The Morgan fingerprint density at radius 3 is 2.56 bits per heavy atom. The van der Waals surface area contributed by atoms with Crippen molar-refractivity contribution in [2.24, 2.45) is 0 Å². The van der Waals surface area contributed by atoms with Crippen LogP contribution in [0.25, 0.3) is 0 Å². The summed E-state index contributed by atoms with van der Waals surface area (Å²) in [5, 5.41) is 5.58. The number of anilines is 1. The third-order valence-electron chi connectivity index (χ3n) is 5.98. The fourth-order valence-electron chi connectivity index (χ4n) is 4.21. The minimum atomic E-state index is -0.653. The van der Waals surface area contributed by atoms with E-state index in [9.17, 15) is 9.59 Å². The Morgan fingerprint density at radius 1 is 1.00 bits per heavy atom. The first-order chi connectivity index (χ1) is 15.7. The molecule has 32 heavy (non-hydrogen) atoms. The Kier molecular flexibility index (Phi) is 6.92. The number of nitrogens with one attached hydrogen (secondary N) is 2. The Labute approximate surface area is 188 Å². The molecule has 6 nitrogen and oxygen atoms in total. The molecule has 0 saturated carbocycles. The molecular formula is C26H28N4O2. The molecule has 0 bridgehead atoms. The summed E-state index contributed by atoms with van der Waals surface area (Å²) in [6.07, 6.45) is 5.30. The highest BCUT2D eigenvalue weighted by Crippen LogP contribution is 2.27. The number of hydrogen-bond donors (Lipinski definition) is 2. The van der Waals surface area contributed by atoms with Crippen molar-refractivity contribution in [2.45, 2.75) is 32.4 Å². The van der Waals surface area contributed by atoms with Gasteiger partial charge in [-0.15, -0.1) is 0 Å². The summed E-state index contributed by atoms with van der Waals surface area (Å²) in [5.74, 6) is -1.29. The molecule has 6 heteroatoms. The van der Waals surface area contributed by atoms with Crippen LogP contribution in [-0.4, -0.2) is 34.8 Å². The largest absolute Gasteiger partial charge is 0.346 e. The number of rotatable bonds is 6. The zero-order valence-electron chi connectivity index (χ0n) is 18.3. The lowest BCUT2D eigenvalue weighted by atomic mass is 9.97. The molecule has 0 radical (unpaired) electrons. The number of aromatic nitrogens is 1. The number of carbonyl (C=O) groups is 2. The van der Waals surface area contributed by atoms with Gasteiger partial charge in [0.1, 0.15) is 0 Å². The topological polar surface area (TPSA) is 74.3 Å². The van der Waals surface area contributed by atoms with Gasteiger partial charge < -0.3 is 10.6 Å². The second kappa shape index (κ2) is 10.2. The molecule has 2 N–H and O–H groups in total. The number of para-hydroxylation sites is 1. The van der Waals surface area contributed by atoms with E-state index in [4.69, 9.17) is 0 Å². The van der Waals surface area contributed by atoms with Crippen molar-refractivity contribution < 1.29 is 9.59 Å². The lowest BCUT2D eigenvalue weighted by Crippen LogP contribution is -2.43. The van der Waals surface area contributed by atoms with E-state index in [0.717, 1.165) is 37.1 Å². The van der Waals surface area contributed by atoms with Crippen LogP contribution < -0.4 is 10.6 Å². The van der Waals surface area contributed by atoms with Gasteiger partial charge in [0.25, 0.3) is 0 Å². The van der Waals surface area contributed by atoms with Gasteiger partial charge in [-0.1, -0.05) is 55.5 Å². The first kappa shape index (κ1) is 21.7. The number of nitrogens with zero attached hydrogens (tertiary/aromatic N) is 2. The highest BCUT2D eigenvalue weighted by molar-refractivity contribution is 6.39. The van der Waals surface area contributed by atoms with Gasteiger partial charge in [-0.05, 0) is 47.2 Å². The standard InChI is InChI=1S/C26H28N4O2/c1-2-19-8-5-6-12-23(19)29-26(32)25(31)28-17-24(21-11-7-14-27-16-21)30-15-13-20-9-3-4-10-22(20)18-30/h3-12,14,16,24H,2,13,15,17-18H2,1H3,(H,28,31)(H,29,32). The van der Waals surface area contributed by atoms with Crippen LogP contribution in [0, 0.1) is 0 Å². The van der Waals surface area contributed by atoms with Crippen molar-refractivity contribution in [3.63, 3.8) is 0 Å². The minimum absolute atomic E-state index is 0.0725. The predicted octanol–water partition coefficient (Wildman–Crippen LogP) is 3.50. The van der Waals surface area contributed by atoms with E-state index >= 15 is 0 Å². The second-order valence-corrected chi connectivity index (χ2v) is 7.97. The van der Waals surface area contributed by atoms with E-state index < -0.39 is 11.8 Å². The molecule has 1 aliphatic heterocycles. The summed E-state index contributed by atoms with van der Waals surface area (Å²) in [7, 11) is 0. The molecule has 2 aromatic carbocycles. The number of hydrogen-bond acceptors (Lipinski definition) is 4. The first-order valence-electron chi connectivity index (χ1n) is 11.0. The van der Waals surface area contributed by atoms with Crippen molar-refractivity contribution in [3.05, 3.63) is 95.3 Å². The number of benzene rings is 2. The maximum atomic E-state index is 12.6. The Bertz CT molecular complexity index is 1080. The van der Waals surface area contributed by atoms with Gasteiger partial charge in [-0.3, -0.25) is 19.5 Å². The minimum Gasteiger partial charge on any atom is -0.346 e. The molecule has 0 aliphatic carbocycles. The van der Waals surface area contributed by atoms with E-state index in [1.54, 1.807) is 6.20 Å². The van der Waals surface area contributed by atoms with Gasteiger partial charge >= 0.3 is 11.8 Å². The summed E-state index contributed by atoms with van der Waals surface area (Å²) < 4.78 is 0. The van der Waals surface area contributed by atoms with Gasteiger partial charge in [0.15, 0.2) is 0 Å². The summed E-state index contributed by atoms with van der Waals surface area (Å²) in [5.41, 5.74) is 5.35. The van der Waals surface area contributed by atoms with Crippen LogP contribution in [0.2, 0.25) is 0 Å². The van der Waals surface area contributed by atoms with E-state index in [1.165, 1.54) is 11.1 Å². The van der Waals surface area contributed by atoms with Crippen LogP contribution in [-0.2, 0) is 29.0 Å². The molecule has 0 fully saturated rings.